The van der Waals surface area contributed by atoms with Gasteiger partial charge >= 0.3 is 6.18 Å². The van der Waals surface area contributed by atoms with Crippen LogP contribution in [0.25, 0.3) is 0 Å². The zero-order chi connectivity index (χ0) is 15.6. The van der Waals surface area contributed by atoms with E-state index in [1.807, 2.05) is 0 Å². The Morgan fingerprint density at radius 1 is 1.33 bits per heavy atom. The average molecular weight is 321 g/mol. The molecular weight excluding hydrogens is 305 g/mol. The van der Waals surface area contributed by atoms with Gasteiger partial charge in [0, 0.05) is 11.7 Å². The second-order valence-electron chi connectivity index (χ2n) is 5.31. The summed E-state index contributed by atoms with van der Waals surface area (Å²) >= 11 is 5.92. The topological polar surface area (TPSA) is 55.1 Å². The van der Waals surface area contributed by atoms with Gasteiger partial charge in [-0.1, -0.05) is 18.0 Å². The minimum atomic E-state index is -4.15. The van der Waals surface area contributed by atoms with Crippen LogP contribution in [0.15, 0.2) is 18.2 Å². The number of nitrogens with one attached hydrogen (secondary N) is 1. The van der Waals surface area contributed by atoms with Crippen LogP contribution in [0.5, 0.6) is 0 Å². The molecule has 1 aliphatic rings. The van der Waals surface area contributed by atoms with Crippen LogP contribution >= 0.6 is 11.6 Å². The molecule has 2 atom stereocenters. The summed E-state index contributed by atoms with van der Waals surface area (Å²) in [5, 5.41) is 3.24. The number of carbonyl (C=O) groups excluding carboxylic acids is 1. The number of nitrogens with two attached hydrogens (primary N) is 1. The van der Waals surface area contributed by atoms with Gasteiger partial charge in [0.05, 0.1) is 16.5 Å². The van der Waals surface area contributed by atoms with Crippen molar-refractivity contribution >= 4 is 23.2 Å². The number of anilines is 1. The maximum absolute atomic E-state index is 12.8. The van der Waals surface area contributed by atoms with Gasteiger partial charge in [-0.15, -0.1) is 0 Å². The minimum Gasteiger partial charge on any atom is -0.382 e. The van der Waals surface area contributed by atoms with Crippen LogP contribution in [0, 0.1) is 5.92 Å². The highest BCUT2D eigenvalue weighted by atomic mass is 35.5. The molecule has 0 saturated heterocycles. The van der Waals surface area contributed by atoms with Crippen molar-refractivity contribution in [2.75, 3.05) is 5.32 Å². The van der Waals surface area contributed by atoms with Gasteiger partial charge in [-0.3, -0.25) is 4.79 Å². The molecule has 2 unspecified atom stereocenters. The number of carbonyl (C=O) groups is 1. The number of primary amides is 1. The zero-order valence-corrected chi connectivity index (χ0v) is 12.0. The van der Waals surface area contributed by atoms with Gasteiger partial charge in [-0.05, 0) is 37.5 Å². The molecule has 3 nitrogen and oxygen atoms in total. The van der Waals surface area contributed by atoms with E-state index in [-0.39, 0.29) is 29.5 Å². The molecule has 116 valence electrons. The molecule has 2 rings (SSSR count). The molecule has 0 aromatic heterocycles. The monoisotopic (exact) mass is 320 g/mol. The first-order valence-electron chi connectivity index (χ1n) is 6.70. The van der Waals surface area contributed by atoms with Gasteiger partial charge in [0.1, 0.15) is 0 Å². The molecule has 0 radical (unpaired) electrons. The number of benzene rings is 1. The van der Waals surface area contributed by atoms with E-state index < -0.39 is 18.0 Å². The van der Waals surface area contributed by atoms with Crippen molar-refractivity contribution in [3.63, 3.8) is 0 Å². The fourth-order valence-corrected chi connectivity index (χ4v) is 2.93. The van der Waals surface area contributed by atoms with Crippen molar-refractivity contribution in [2.24, 2.45) is 11.7 Å². The Morgan fingerprint density at radius 2 is 2.05 bits per heavy atom. The molecule has 0 spiro atoms. The lowest BCUT2D eigenvalue weighted by Crippen LogP contribution is -2.34. The molecule has 1 aliphatic carbocycles. The second-order valence-corrected chi connectivity index (χ2v) is 5.71. The Morgan fingerprint density at radius 3 is 2.62 bits per heavy atom. The van der Waals surface area contributed by atoms with E-state index >= 15 is 0 Å². The van der Waals surface area contributed by atoms with Crippen LogP contribution in [0.3, 0.4) is 0 Å². The highest BCUT2D eigenvalue weighted by Crippen LogP contribution is 2.38. The lowest BCUT2D eigenvalue weighted by atomic mass is 9.85. The summed E-state index contributed by atoms with van der Waals surface area (Å²) in [7, 11) is 0. The molecule has 7 heteroatoms. The Hall–Kier alpha value is -1.43. The molecule has 1 aromatic rings. The SMILES string of the molecule is NC(=O)c1ccc(NC2CCCC(C(F)(F)F)C2)cc1Cl. The van der Waals surface area contributed by atoms with E-state index in [2.05, 4.69) is 5.32 Å². The number of amides is 1. The Kier molecular flexibility index (Phi) is 4.66. The van der Waals surface area contributed by atoms with Crippen LogP contribution in [0.1, 0.15) is 36.0 Å². The number of hydrogen-bond donors (Lipinski definition) is 2. The van der Waals surface area contributed by atoms with Crippen molar-refractivity contribution < 1.29 is 18.0 Å². The Balaban J connectivity index is 2.05. The summed E-state index contributed by atoms with van der Waals surface area (Å²) in [6.45, 7) is 0. The molecular formula is C14H16ClF3N2O. The van der Waals surface area contributed by atoms with Gasteiger partial charge in [-0.25, -0.2) is 0 Å². The molecule has 3 N–H and O–H groups in total. The van der Waals surface area contributed by atoms with Crippen LogP contribution in [-0.2, 0) is 0 Å². The normalized spacial score (nSPS) is 22.9. The van der Waals surface area contributed by atoms with Crippen LogP contribution < -0.4 is 11.1 Å². The number of alkyl halides is 3. The van der Waals surface area contributed by atoms with Gasteiger partial charge in [0.15, 0.2) is 0 Å². The Bertz CT molecular complexity index is 533. The first kappa shape index (κ1) is 15.9. The third kappa shape index (κ3) is 4.03. The standard InChI is InChI=1S/C14H16ClF3N2O/c15-12-7-10(4-5-11(12)13(19)21)20-9-3-1-2-8(6-9)14(16,17)18/h4-5,7-9,20H,1-3,6H2,(H2,19,21). The van der Waals surface area contributed by atoms with Gasteiger partial charge < -0.3 is 11.1 Å². The van der Waals surface area contributed by atoms with Crippen molar-refractivity contribution in [2.45, 2.75) is 37.9 Å². The molecule has 1 saturated carbocycles. The van der Waals surface area contributed by atoms with Gasteiger partial charge in [0.2, 0.25) is 5.91 Å². The lowest BCUT2D eigenvalue weighted by Gasteiger charge is -2.31. The third-order valence-corrected chi connectivity index (χ3v) is 4.06. The number of hydrogen-bond acceptors (Lipinski definition) is 2. The molecule has 0 heterocycles. The molecule has 0 bridgehead atoms. The third-order valence-electron chi connectivity index (χ3n) is 3.74. The zero-order valence-electron chi connectivity index (χ0n) is 11.2. The Labute approximate surface area is 125 Å². The first-order chi connectivity index (χ1) is 9.77. The maximum Gasteiger partial charge on any atom is 0.391 e. The molecule has 1 amide bonds. The smallest absolute Gasteiger partial charge is 0.382 e. The quantitative estimate of drug-likeness (QED) is 0.885. The maximum atomic E-state index is 12.8. The lowest BCUT2D eigenvalue weighted by molar-refractivity contribution is -0.182. The van der Waals surface area contributed by atoms with Crippen molar-refractivity contribution in [1.29, 1.82) is 0 Å². The summed E-state index contributed by atoms with van der Waals surface area (Å²) in [5.74, 6) is -1.90. The van der Waals surface area contributed by atoms with Gasteiger partial charge in [-0.2, -0.15) is 13.2 Å². The second kappa shape index (κ2) is 6.13. The van der Waals surface area contributed by atoms with Crippen molar-refractivity contribution in [3.05, 3.63) is 28.8 Å². The predicted octanol–water partition coefficient (Wildman–Crippen LogP) is 3.97. The van der Waals surface area contributed by atoms with Crippen LogP contribution in [0.4, 0.5) is 18.9 Å². The highest BCUT2D eigenvalue weighted by Gasteiger charge is 2.42. The van der Waals surface area contributed by atoms with Gasteiger partial charge in [0.25, 0.3) is 0 Å². The first-order valence-corrected chi connectivity index (χ1v) is 7.08. The molecule has 21 heavy (non-hydrogen) atoms. The fourth-order valence-electron chi connectivity index (χ4n) is 2.66. The van der Waals surface area contributed by atoms with E-state index in [1.54, 1.807) is 6.07 Å². The fraction of sp³-hybridized carbons (Fsp3) is 0.500. The van der Waals surface area contributed by atoms with Crippen molar-refractivity contribution in [3.8, 4) is 0 Å². The molecule has 1 aromatic carbocycles. The average Bonchev–Trinajstić information content (AvgIpc) is 2.37. The largest absolute Gasteiger partial charge is 0.391 e. The van der Waals surface area contributed by atoms with Crippen LogP contribution in [-0.4, -0.2) is 18.1 Å². The van der Waals surface area contributed by atoms with E-state index in [4.69, 9.17) is 17.3 Å². The predicted molar refractivity (Wildman–Crippen MR) is 75.4 cm³/mol. The van der Waals surface area contributed by atoms with Crippen molar-refractivity contribution in [1.82, 2.24) is 0 Å². The summed E-state index contributed by atoms with van der Waals surface area (Å²) in [6.07, 6.45) is -2.69. The number of rotatable bonds is 3. The summed E-state index contributed by atoms with van der Waals surface area (Å²) in [4.78, 5) is 11.1. The molecule has 1 fully saturated rings. The highest BCUT2D eigenvalue weighted by molar-refractivity contribution is 6.34. The summed E-state index contributed by atoms with van der Waals surface area (Å²) in [5.41, 5.74) is 5.93. The number of halogens is 4. The summed E-state index contributed by atoms with van der Waals surface area (Å²) in [6, 6.07) is 4.33. The molecule has 0 aliphatic heterocycles. The van der Waals surface area contributed by atoms with E-state index in [0.717, 1.165) is 0 Å². The van der Waals surface area contributed by atoms with Crippen LogP contribution in [0.2, 0.25) is 5.02 Å². The van der Waals surface area contributed by atoms with E-state index in [1.165, 1.54) is 12.1 Å². The summed E-state index contributed by atoms with van der Waals surface area (Å²) < 4.78 is 38.3. The van der Waals surface area contributed by atoms with E-state index in [0.29, 0.717) is 18.5 Å². The minimum absolute atomic E-state index is 0.0543. The van der Waals surface area contributed by atoms with E-state index in [9.17, 15) is 18.0 Å².